The zero-order valence-corrected chi connectivity index (χ0v) is 9.61. The summed E-state index contributed by atoms with van der Waals surface area (Å²) >= 11 is 0. The molecule has 2 aromatic carbocycles. The highest BCUT2D eigenvalue weighted by molar-refractivity contribution is 5.78. The molecule has 1 unspecified atom stereocenters. The fourth-order valence-corrected chi connectivity index (χ4v) is 2.64. The van der Waals surface area contributed by atoms with Crippen molar-refractivity contribution >= 4 is 6.47 Å². The van der Waals surface area contributed by atoms with Gasteiger partial charge in [0.25, 0.3) is 6.47 Å². The van der Waals surface area contributed by atoms with Gasteiger partial charge in [-0.3, -0.25) is 4.79 Å². The van der Waals surface area contributed by atoms with Crippen molar-refractivity contribution in [1.29, 1.82) is 0 Å². The van der Waals surface area contributed by atoms with Gasteiger partial charge in [0.2, 0.25) is 6.29 Å². The fraction of sp³-hybridized carbons (Fsp3) is 0.133. The van der Waals surface area contributed by atoms with Gasteiger partial charge in [0.15, 0.2) is 0 Å². The van der Waals surface area contributed by atoms with Gasteiger partial charge in [0, 0.05) is 0 Å². The van der Waals surface area contributed by atoms with Crippen LogP contribution in [0.25, 0.3) is 11.1 Å². The van der Waals surface area contributed by atoms with Crippen molar-refractivity contribution in [2.24, 2.45) is 0 Å². The Balaban J connectivity index is 2.17. The first-order valence-electron chi connectivity index (χ1n) is 5.78. The van der Waals surface area contributed by atoms with Gasteiger partial charge >= 0.3 is 0 Å². The molecule has 0 aromatic heterocycles. The molecule has 90 valence electrons. The maximum absolute atomic E-state index is 10.4. The summed E-state index contributed by atoms with van der Waals surface area (Å²) in [6, 6.07) is 15.7. The van der Waals surface area contributed by atoms with Crippen LogP contribution in [0.15, 0.2) is 48.5 Å². The Hall–Kier alpha value is -2.13. The number of hydrogen-bond donors (Lipinski definition) is 1. The van der Waals surface area contributed by atoms with Gasteiger partial charge in [-0.15, -0.1) is 0 Å². The van der Waals surface area contributed by atoms with Crippen molar-refractivity contribution < 1.29 is 14.6 Å². The van der Waals surface area contributed by atoms with Crippen LogP contribution in [0.4, 0.5) is 0 Å². The second-order valence-corrected chi connectivity index (χ2v) is 4.28. The largest absolute Gasteiger partial charge is 0.437 e. The molecule has 3 nitrogen and oxygen atoms in total. The van der Waals surface area contributed by atoms with Crippen molar-refractivity contribution in [1.82, 2.24) is 0 Å². The second-order valence-electron chi connectivity index (χ2n) is 4.28. The van der Waals surface area contributed by atoms with E-state index in [4.69, 9.17) is 4.74 Å². The molecule has 1 aliphatic rings. The minimum atomic E-state index is -1.15. The maximum Gasteiger partial charge on any atom is 0.295 e. The molecular formula is C15H12O3. The predicted octanol–water partition coefficient (Wildman–Crippen LogP) is 2.29. The van der Waals surface area contributed by atoms with Crippen LogP contribution >= 0.6 is 0 Å². The molecule has 0 spiro atoms. The predicted molar refractivity (Wildman–Crippen MR) is 66.9 cm³/mol. The standard InChI is InChI=1S/C15H12O3/c16-9-18-15(17)14-12-7-3-1-5-10(12)11-6-2-4-8-13(11)14/h1-9,14-15,17H. The molecule has 0 saturated carbocycles. The van der Waals surface area contributed by atoms with Crippen LogP contribution in [-0.2, 0) is 9.53 Å². The van der Waals surface area contributed by atoms with E-state index in [1.54, 1.807) is 0 Å². The lowest BCUT2D eigenvalue weighted by atomic mass is 9.96. The van der Waals surface area contributed by atoms with E-state index in [2.05, 4.69) is 0 Å². The second kappa shape index (κ2) is 4.27. The summed E-state index contributed by atoms with van der Waals surface area (Å²) in [5, 5.41) is 9.99. The normalized spacial score (nSPS) is 14.7. The monoisotopic (exact) mass is 240 g/mol. The van der Waals surface area contributed by atoms with E-state index in [-0.39, 0.29) is 12.4 Å². The van der Waals surface area contributed by atoms with E-state index in [9.17, 15) is 9.90 Å². The number of ether oxygens (including phenoxy) is 1. The molecule has 0 bridgehead atoms. The van der Waals surface area contributed by atoms with Crippen molar-refractivity contribution in [3.05, 3.63) is 59.7 Å². The fourth-order valence-electron chi connectivity index (χ4n) is 2.64. The molecule has 0 saturated heterocycles. The third-order valence-corrected chi connectivity index (χ3v) is 3.36. The Morgan fingerprint density at radius 3 is 2.00 bits per heavy atom. The average molecular weight is 240 g/mol. The topological polar surface area (TPSA) is 46.5 Å². The molecule has 3 heteroatoms. The Labute approximate surface area is 105 Å². The lowest BCUT2D eigenvalue weighted by Crippen LogP contribution is -2.20. The van der Waals surface area contributed by atoms with Crippen LogP contribution in [0.2, 0.25) is 0 Å². The SMILES string of the molecule is O=COC(O)C1c2ccccc2-c2ccccc21. The van der Waals surface area contributed by atoms with Gasteiger partial charge in [-0.2, -0.15) is 0 Å². The van der Waals surface area contributed by atoms with Crippen molar-refractivity contribution in [2.75, 3.05) is 0 Å². The molecule has 2 aromatic rings. The Kier molecular flexibility index (Phi) is 2.61. The van der Waals surface area contributed by atoms with Crippen LogP contribution in [-0.4, -0.2) is 17.9 Å². The maximum atomic E-state index is 10.4. The minimum Gasteiger partial charge on any atom is -0.437 e. The third kappa shape index (κ3) is 1.52. The van der Waals surface area contributed by atoms with E-state index >= 15 is 0 Å². The number of rotatable bonds is 3. The zero-order valence-electron chi connectivity index (χ0n) is 9.61. The van der Waals surface area contributed by atoms with E-state index in [0.29, 0.717) is 0 Å². The quantitative estimate of drug-likeness (QED) is 0.661. The van der Waals surface area contributed by atoms with E-state index in [1.165, 1.54) is 0 Å². The van der Waals surface area contributed by atoms with Gasteiger partial charge in [-0.05, 0) is 22.3 Å². The number of benzene rings is 2. The van der Waals surface area contributed by atoms with Gasteiger partial charge in [-0.25, -0.2) is 0 Å². The number of fused-ring (bicyclic) bond motifs is 3. The number of carbonyl (C=O) groups excluding carboxylic acids is 1. The summed E-state index contributed by atoms with van der Waals surface area (Å²) in [5.41, 5.74) is 4.17. The Bertz CT molecular complexity index is 546. The molecule has 0 aliphatic heterocycles. The van der Waals surface area contributed by atoms with E-state index in [1.807, 2.05) is 48.5 Å². The van der Waals surface area contributed by atoms with Crippen molar-refractivity contribution in [3.8, 4) is 11.1 Å². The van der Waals surface area contributed by atoms with E-state index < -0.39 is 6.29 Å². The first-order chi connectivity index (χ1) is 8.83. The molecule has 1 N–H and O–H groups in total. The number of aliphatic hydroxyl groups excluding tert-OH is 1. The average Bonchev–Trinajstić information content (AvgIpc) is 2.73. The third-order valence-electron chi connectivity index (χ3n) is 3.36. The zero-order chi connectivity index (χ0) is 12.5. The van der Waals surface area contributed by atoms with Gasteiger partial charge < -0.3 is 9.84 Å². The molecule has 1 aliphatic carbocycles. The molecule has 3 rings (SSSR count). The summed E-state index contributed by atoms with van der Waals surface area (Å²) in [7, 11) is 0. The number of carbonyl (C=O) groups is 1. The van der Waals surface area contributed by atoms with Crippen LogP contribution < -0.4 is 0 Å². The Morgan fingerprint density at radius 1 is 1.00 bits per heavy atom. The summed E-state index contributed by atoms with van der Waals surface area (Å²) in [4.78, 5) is 10.4. The molecule has 0 fully saturated rings. The van der Waals surface area contributed by atoms with Gasteiger partial charge in [-0.1, -0.05) is 48.5 Å². The number of hydrogen-bond acceptors (Lipinski definition) is 3. The van der Waals surface area contributed by atoms with Crippen LogP contribution in [0.3, 0.4) is 0 Å². The first-order valence-corrected chi connectivity index (χ1v) is 5.78. The van der Waals surface area contributed by atoms with Crippen LogP contribution in [0, 0.1) is 0 Å². The molecule has 18 heavy (non-hydrogen) atoms. The molecule has 1 atom stereocenters. The summed E-state index contributed by atoms with van der Waals surface area (Å²) < 4.78 is 4.71. The lowest BCUT2D eigenvalue weighted by molar-refractivity contribution is -0.153. The smallest absolute Gasteiger partial charge is 0.295 e. The van der Waals surface area contributed by atoms with Crippen LogP contribution in [0.1, 0.15) is 17.0 Å². The summed E-state index contributed by atoms with van der Waals surface area (Å²) in [6.07, 6.45) is -1.15. The molecule has 0 radical (unpaired) electrons. The highest BCUT2D eigenvalue weighted by atomic mass is 16.6. The molecule has 0 heterocycles. The van der Waals surface area contributed by atoms with Gasteiger partial charge in [0.05, 0.1) is 5.92 Å². The molecule has 0 amide bonds. The van der Waals surface area contributed by atoms with Crippen LogP contribution in [0.5, 0.6) is 0 Å². The van der Waals surface area contributed by atoms with Gasteiger partial charge in [0.1, 0.15) is 0 Å². The number of aliphatic hydroxyl groups is 1. The highest BCUT2D eigenvalue weighted by Crippen LogP contribution is 2.46. The molecular weight excluding hydrogens is 228 g/mol. The van der Waals surface area contributed by atoms with Crippen molar-refractivity contribution in [3.63, 3.8) is 0 Å². The van der Waals surface area contributed by atoms with Crippen molar-refractivity contribution in [2.45, 2.75) is 12.2 Å². The Morgan fingerprint density at radius 2 is 1.50 bits per heavy atom. The minimum absolute atomic E-state index is 0.286. The summed E-state index contributed by atoms with van der Waals surface area (Å²) in [6.45, 7) is 0.286. The van der Waals surface area contributed by atoms with E-state index in [0.717, 1.165) is 22.3 Å². The summed E-state index contributed by atoms with van der Waals surface area (Å²) in [5.74, 6) is -0.303. The first kappa shape index (κ1) is 11.0. The highest BCUT2D eigenvalue weighted by Gasteiger charge is 2.34. The lowest BCUT2D eigenvalue weighted by Gasteiger charge is -2.18.